The summed E-state index contributed by atoms with van der Waals surface area (Å²) in [5.74, 6) is -0.897. The van der Waals surface area contributed by atoms with Crippen molar-refractivity contribution in [2.45, 2.75) is 37.8 Å². The Morgan fingerprint density at radius 1 is 1.33 bits per heavy atom. The second kappa shape index (κ2) is 7.61. The number of carbonyl (C=O) groups excluding carboxylic acids is 1. The molecule has 0 saturated carbocycles. The van der Waals surface area contributed by atoms with Crippen LogP contribution in [0.4, 0.5) is 4.79 Å². The highest BCUT2D eigenvalue weighted by Gasteiger charge is 2.27. The Morgan fingerprint density at radius 2 is 2.14 bits per heavy atom. The van der Waals surface area contributed by atoms with Crippen LogP contribution in [0.25, 0.3) is 0 Å². The fourth-order valence-corrected chi connectivity index (χ4v) is 2.94. The largest absolute Gasteiger partial charge is 0.481 e. The van der Waals surface area contributed by atoms with Gasteiger partial charge in [0.2, 0.25) is 0 Å². The molecule has 2 heterocycles. The summed E-state index contributed by atoms with van der Waals surface area (Å²) in [6.45, 7) is 2.99. The van der Waals surface area contributed by atoms with Gasteiger partial charge in [-0.15, -0.1) is 0 Å². The number of morpholine rings is 1. The second-order valence-corrected chi connectivity index (χ2v) is 5.85. The van der Waals surface area contributed by atoms with Crippen LogP contribution in [0.5, 0.6) is 0 Å². The van der Waals surface area contributed by atoms with Crippen molar-refractivity contribution in [1.82, 2.24) is 15.1 Å². The molecule has 2 rings (SSSR count). The number of carboxylic acids is 1. The molecule has 2 N–H and O–H groups in total. The molecule has 2 unspecified atom stereocenters. The molecule has 2 aliphatic heterocycles. The number of amides is 2. The molecular weight excluding hydrogens is 274 g/mol. The van der Waals surface area contributed by atoms with Crippen LogP contribution in [0.3, 0.4) is 0 Å². The van der Waals surface area contributed by atoms with Crippen LogP contribution >= 0.6 is 0 Å². The van der Waals surface area contributed by atoms with Gasteiger partial charge in [0, 0.05) is 25.7 Å². The molecule has 0 aromatic heterocycles. The predicted octanol–water partition coefficient (Wildman–Crippen LogP) is 0.356. The van der Waals surface area contributed by atoms with Crippen LogP contribution in [0.2, 0.25) is 0 Å². The number of carboxylic acid groups (broad SMARTS) is 1. The Bertz CT molecular complexity index is 377. The van der Waals surface area contributed by atoms with Gasteiger partial charge < -0.3 is 25.0 Å². The Balaban J connectivity index is 1.75. The van der Waals surface area contributed by atoms with Crippen molar-refractivity contribution in [2.24, 2.45) is 0 Å². The van der Waals surface area contributed by atoms with Crippen LogP contribution in [0, 0.1) is 0 Å². The number of urea groups is 1. The van der Waals surface area contributed by atoms with Gasteiger partial charge in [-0.05, 0) is 26.4 Å². The van der Waals surface area contributed by atoms with E-state index in [4.69, 9.17) is 9.84 Å². The van der Waals surface area contributed by atoms with Gasteiger partial charge in [0.1, 0.15) is 0 Å². The van der Waals surface area contributed by atoms with Gasteiger partial charge >= 0.3 is 12.0 Å². The molecule has 0 spiro atoms. The quantitative estimate of drug-likeness (QED) is 0.783. The molecule has 0 aliphatic carbocycles. The summed E-state index contributed by atoms with van der Waals surface area (Å²) in [6.07, 6.45) is 3.08. The molecule has 21 heavy (non-hydrogen) atoms. The molecule has 0 radical (unpaired) electrons. The highest BCUT2D eigenvalue weighted by atomic mass is 16.5. The van der Waals surface area contributed by atoms with Crippen molar-refractivity contribution < 1.29 is 19.4 Å². The molecular formula is C14H25N3O4. The van der Waals surface area contributed by atoms with E-state index in [0.717, 1.165) is 13.0 Å². The van der Waals surface area contributed by atoms with E-state index < -0.39 is 12.1 Å². The van der Waals surface area contributed by atoms with Crippen molar-refractivity contribution in [2.75, 3.05) is 39.8 Å². The first kappa shape index (κ1) is 16.0. The zero-order valence-corrected chi connectivity index (χ0v) is 12.6. The maximum atomic E-state index is 12.2. The third kappa shape index (κ3) is 4.86. The molecule has 0 bridgehead atoms. The van der Waals surface area contributed by atoms with Crippen molar-refractivity contribution in [1.29, 1.82) is 0 Å². The van der Waals surface area contributed by atoms with Crippen LogP contribution < -0.4 is 5.32 Å². The van der Waals surface area contributed by atoms with E-state index in [-0.39, 0.29) is 12.5 Å². The van der Waals surface area contributed by atoms with Crippen molar-refractivity contribution in [3.8, 4) is 0 Å². The fourth-order valence-electron chi connectivity index (χ4n) is 2.94. The highest BCUT2D eigenvalue weighted by molar-refractivity contribution is 5.74. The number of rotatable bonds is 4. The van der Waals surface area contributed by atoms with Gasteiger partial charge in [-0.3, -0.25) is 4.79 Å². The standard InChI is InChI=1S/C14H25N3O4/c1-16-5-3-2-4-11(16)9-15-14(20)17-6-7-21-12(10-17)8-13(18)19/h11-12H,2-10H2,1H3,(H,15,20)(H,18,19). The fraction of sp³-hybridized carbons (Fsp3) is 0.857. The van der Waals surface area contributed by atoms with E-state index in [2.05, 4.69) is 17.3 Å². The lowest BCUT2D eigenvalue weighted by Gasteiger charge is -2.35. The minimum Gasteiger partial charge on any atom is -0.481 e. The summed E-state index contributed by atoms with van der Waals surface area (Å²) >= 11 is 0. The van der Waals surface area contributed by atoms with Crippen LogP contribution in [0.1, 0.15) is 25.7 Å². The summed E-state index contributed by atoms with van der Waals surface area (Å²) in [5, 5.41) is 11.8. The zero-order valence-electron chi connectivity index (χ0n) is 12.6. The molecule has 0 aromatic carbocycles. The Kier molecular flexibility index (Phi) is 5.81. The summed E-state index contributed by atoms with van der Waals surface area (Å²) < 4.78 is 5.37. The molecule has 7 heteroatoms. The van der Waals surface area contributed by atoms with Gasteiger partial charge in [0.25, 0.3) is 0 Å². The number of piperidine rings is 1. The topological polar surface area (TPSA) is 82.1 Å². The summed E-state index contributed by atoms with van der Waals surface area (Å²) in [4.78, 5) is 26.8. The zero-order chi connectivity index (χ0) is 15.2. The average molecular weight is 299 g/mol. The Hall–Kier alpha value is -1.34. The molecule has 0 aromatic rings. The maximum Gasteiger partial charge on any atom is 0.317 e. The third-order valence-corrected chi connectivity index (χ3v) is 4.24. The van der Waals surface area contributed by atoms with E-state index in [0.29, 0.717) is 32.3 Å². The first-order valence-corrected chi connectivity index (χ1v) is 7.62. The molecule has 7 nitrogen and oxygen atoms in total. The lowest BCUT2D eigenvalue weighted by Crippen LogP contribution is -2.52. The molecule has 2 saturated heterocycles. The predicted molar refractivity (Wildman–Crippen MR) is 77.2 cm³/mol. The Labute approximate surface area is 125 Å². The lowest BCUT2D eigenvalue weighted by atomic mass is 10.0. The summed E-state index contributed by atoms with van der Waals surface area (Å²) in [6, 6.07) is 0.284. The molecule has 2 aliphatic rings. The maximum absolute atomic E-state index is 12.2. The van der Waals surface area contributed by atoms with E-state index in [1.165, 1.54) is 12.8 Å². The average Bonchev–Trinajstić information content (AvgIpc) is 2.45. The van der Waals surface area contributed by atoms with Gasteiger partial charge in [-0.1, -0.05) is 6.42 Å². The minimum atomic E-state index is -0.897. The van der Waals surface area contributed by atoms with Crippen molar-refractivity contribution >= 4 is 12.0 Å². The molecule has 2 fully saturated rings. The monoisotopic (exact) mass is 299 g/mol. The molecule has 2 amide bonds. The van der Waals surface area contributed by atoms with Gasteiger partial charge in [0.05, 0.1) is 19.1 Å². The first-order chi connectivity index (χ1) is 10.1. The normalized spacial score (nSPS) is 27.4. The summed E-state index contributed by atoms with van der Waals surface area (Å²) in [5.41, 5.74) is 0. The van der Waals surface area contributed by atoms with E-state index >= 15 is 0 Å². The van der Waals surface area contributed by atoms with E-state index in [9.17, 15) is 9.59 Å². The number of ether oxygens (including phenoxy) is 1. The second-order valence-electron chi connectivity index (χ2n) is 5.85. The smallest absolute Gasteiger partial charge is 0.317 e. The van der Waals surface area contributed by atoms with Crippen LogP contribution in [-0.4, -0.2) is 78.9 Å². The van der Waals surface area contributed by atoms with Gasteiger partial charge in [-0.25, -0.2) is 4.79 Å². The van der Waals surface area contributed by atoms with E-state index in [1.807, 2.05) is 0 Å². The summed E-state index contributed by atoms with van der Waals surface area (Å²) in [7, 11) is 2.09. The van der Waals surface area contributed by atoms with Crippen molar-refractivity contribution in [3.63, 3.8) is 0 Å². The number of hydrogen-bond acceptors (Lipinski definition) is 4. The number of hydrogen-bond donors (Lipinski definition) is 2. The number of likely N-dealkylation sites (tertiary alicyclic amines) is 1. The first-order valence-electron chi connectivity index (χ1n) is 7.62. The lowest BCUT2D eigenvalue weighted by molar-refractivity contribution is -0.141. The molecule has 120 valence electrons. The number of nitrogens with zero attached hydrogens (tertiary/aromatic N) is 2. The third-order valence-electron chi connectivity index (χ3n) is 4.24. The Morgan fingerprint density at radius 3 is 2.86 bits per heavy atom. The highest BCUT2D eigenvalue weighted by Crippen LogP contribution is 2.14. The van der Waals surface area contributed by atoms with Crippen LogP contribution in [0.15, 0.2) is 0 Å². The number of carbonyl (C=O) groups is 2. The SMILES string of the molecule is CN1CCCCC1CNC(=O)N1CCOC(CC(=O)O)C1. The van der Waals surface area contributed by atoms with Crippen LogP contribution in [-0.2, 0) is 9.53 Å². The number of nitrogens with one attached hydrogen (secondary N) is 1. The van der Waals surface area contributed by atoms with Gasteiger partial charge in [-0.2, -0.15) is 0 Å². The number of aliphatic carboxylic acids is 1. The number of likely N-dealkylation sites (N-methyl/N-ethyl adjacent to an activating group) is 1. The van der Waals surface area contributed by atoms with E-state index in [1.54, 1.807) is 4.90 Å². The molecule has 2 atom stereocenters. The minimum absolute atomic E-state index is 0.0604. The van der Waals surface area contributed by atoms with Crippen molar-refractivity contribution in [3.05, 3.63) is 0 Å². The van der Waals surface area contributed by atoms with Gasteiger partial charge in [0.15, 0.2) is 0 Å².